The number of para-hydroxylation sites is 1. The molecule has 0 aliphatic heterocycles. The molecule has 1 fully saturated rings. The molecule has 0 radical (unpaired) electrons. The highest BCUT2D eigenvalue weighted by Gasteiger charge is 2.41. The Hall–Kier alpha value is -1.02. The minimum Gasteiger partial charge on any atom is -0.496 e. The number of nitrogens with two attached hydrogens (primary N) is 1. The standard InChI is InChI=1S/C12H17NO/c1-8(13)10-7-11(10)9-5-3-4-6-12(9)14-2/h3-6,8,10-11H,7,13H2,1-2H3/t8-,10+,11-/m1/s1. The van der Waals surface area contributed by atoms with Gasteiger partial charge in [-0.05, 0) is 36.8 Å². The van der Waals surface area contributed by atoms with Crippen LogP contribution in [0.4, 0.5) is 0 Å². The van der Waals surface area contributed by atoms with Crippen LogP contribution in [0.5, 0.6) is 5.75 Å². The minimum atomic E-state index is 0.296. The molecule has 2 nitrogen and oxygen atoms in total. The van der Waals surface area contributed by atoms with E-state index >= 15 is 0 Å². The van der Waals surface area contributed by atoms with E-state index in [1.54, 1.807) is 7.11 Å². The van der Waals surface area contributed by atoms with Crippen LogP contribution in [0.25, 0.3) is 0 Å². The van der Waals surface area contributed by atoms with Crippen molar-refractivity contribution in [2.75, 3.05) is 7.11 Å². The first-order valence-electron chi connectivity index (χ1n) is 5.12. The van der Waals surface area contributed by atoms with Gasteiger partial charge in [0.2, 0.25) is 0 Å². The zero-order valence-electron chi connectivity index (χ0n) is 8.73. The molecule has 1 aromatic carbocycles. The summed E-state index contributed by atoms with van der Waals surface area (Å²) in [5.74, 6) is 2.26. The van der Waals surface area contributed by atoms with Crippen LogP contribution in [0.2, 0.25) is 0 Å². The molecule has 2 N–H and O–H groups in total. The van der Waals surface area contributed by atoms with Gasteiger partial charge in [-0.1, -0.05) is 18.2 Å². The predicted octanol–water partition coefficient (Wildman–Crippen LogP) is 2.15. The summed E-state index contributed by atoms with van der Waals surface area (Å²) in [6.07, 6.45) is 1.21. The third-order valence-corrected chi connectivity index (χ3v) is 3.05. The molecule has 14 heavy (non-hydrogen) atoms. The van der Waals surface area contributed by atoms with Crippen molar-refractivity contribution < 1.29 is 4.74 Å². The second-order valence-corrected chi connectivity index (χ2v) is 4.11. The van der Waals surface area contributed by atoms with Crippen molar-refractivity contribution in [3.63, 3.8) is 0 Å². The van der Waals surface area contributed by atoms with Crippen molar-refractivity contribution in [1.29, 1.82) is 0 Å². The number of hydrogen-bond acceptors (Lipinski definition) is 2. The van der Waals surface area contributed by atoms with E-state index in [9.17, 15) is 0 Å². The Morgan fingerprint density at radius 2 is 2.14 bits per heavy atom. The molecule has 0 aromatic heterocycles. The maximum atomic E-state index is 5.88. The van der Waals surface area contributed by atoms with Gasteiger partial charge in [0, 0.05) is 6.04 Å². The first kappa shape index (κ1) is 9.53. The summed E-state index contributed by atoms with van der Waals surface area (Å²) < 4.78 is 5.33. The molecule has 0 amide bonds. The highest BCUT2D eigenvalue weighted by molar-refractivity contribution is 5.39. The van der Waals surface area contributed by atoms with E-state index in [-0.39, 0.29) is 0 Å². The predicted molar refractivity (Wildman–Crippen MR) is 57.5 cm³/mol. The third kappa shape index (κ3) is 1.62. The molecule has 0 spiro atoms. The van der Waals surface area contributed by atoms with Gasteiger partial charge in [0.05, 0.1) is 7.11 Å². The van der Waals surface area contributed by atoms with E-state index in [1.165, 1.54) is 12.0 Å². The monoisotopic (exact) mass is 191 g/mol. The summed E-state index contributed by atoms with van der Waals surface area (Å²) in [4.78, 5) is 0. The van der Waals surface area contributed by atoms with Gasteiger partial charge < -0.3 is 10.5 Å². The van der Waals surface area contributed by atoms with Crippen LogP contribution < -0.4 is 10.5 Å². The van der Waals surface area contributed by atoms with Gasteiger partial charge in [-0.3, -0.25) is 0 Å². The first-order valence-corrected chi connectivity index (χ1v) is 5.12. The van der Waals surface area contributed by atoms with Crippen LogP contribution in [0.1, 0.15) is 24.8 Å². The quantitative estimate of drug-likeness (QED) is 0.794. The van der Waals surface area contributed by atoms with Crippen LogP contribution in [-0.2, 0) is 0 Å². The van der Waals surface area contributed by atoms with E-state index in [4.69, 9.17) is 10.5 Å². The third-order valence-electron chi connectivity index (χ3n) is 3.05. The van der Waals surface area contributed by atoms with E-state index in [2.05, 4.69) is 19.1 Å². The molecule has 0 bridgehead atoms. The lowest BCUT2D eigenvalue weighted by Gasteiger charge is -2.08. The van der Waals surface area contributed by atoms with Gasteiger partial charge in [-0.25, -0.2) is 0 Å². The molecular formula is C12H17NO. The largest absolute Gasteiger partial charge is 0.496 e. The molecule has 3 atom stereocenters. The van der Waals surface area contributed by atoms with Crippen molar-refractivity contribution >= 4 is 0 Å². The highest BCUT2D eigenvalue weighted by atomic mass is 16.5. The lowest BCUT2D eigenvalue weighted by molar-refractivity contribution is 0.408. The first-order chi connectivity index (χ1) is 6.74. The summed E-state index contributed by atoms with van der Waals surface area (Å²) in [6.45, 7) is 2.08. The van der Waals surface area contributed by atoms with Gasteiger partial charge in [0.25, 0.3) is 0 Å². The SMILES string of the molecule is COc1ccccc1[C@H]1C[C@H]1[C@@H](C)N. The Balaban J connectivity index is 2.18. The molecule has 1 aliphatic rings. The summed E-state index contributed by atoms with van der Waals surface area (Å²) in [6, 6.07) is 8.53. The highest BCUT2D eigenvalue weighted by Crippen LogP contribution is 2.51. The lowest BCUT2D eigenvalue weighted by Crippen LogP contribution is -2.18. The average Bonchev–Trinajstić information content (AvgIpc) is 2.97. The fourth-order valence-corrected chi connectivity index (χ4v) is 2.13. The Morgan fingerprint density at radius 3 is 2.71 bits per heavy atom. The molecule has 2 heteroatoms. The smallest absolute Gasteiger partial charge is 0.122 e. The van der Waals surface area contributed by atoms with Crippen molar-refractivity contribution in [1.82, 2.24) is 0 Å². The van der Waals surface area contributed by atoms with Gasteiger partial charge in [-0.2, -0.15) is 0 Å². The summed E-state index contributed by atoms with van der Waals surface area (Å²) in [5, 5.41) is 0. The Morgan fingerprint density at radius 1 is 1.43 bits per heavy atom. The average molecular weight is 191 g/mol. The van der Waals surface area contributed by atoms with Gasteiger partial charge in [-0.15, -0.1) is 0 Å². The van der Waals surface area contributed by atoms with Crippen LogP contribution in [0.3, 0.4) is 0 Å². The fraction of sp³-hybridized carbons (Fsp3) is 0.500. The van der Waals surface area contributed by atoms with E-state index in [0.29, 0.717) is 17.9 Å². The molecule has 0 unspecified atom stereocenters. The van der Waals surface area contributed by atoms with Gasteiger partial charge >= 0.3 is 0 Å². The van der Waals surface area contributed by atoms with Crippen molar-refractivity contribution in [2.45, 2.75) is 25.3 Å². The van der Waals surface area contributed by atoms with E-state index < -0.39 is 0 Å². The molecule has 1 aliphatic carbocycles. The molecule has 76 valence electrons. The maximum Gasteiger partial charge on any atom is 0.122 e. The summed E-state index contributed by atoms with van der Waals surface area (Å²) in [7, 11) is 1.72. The van der Waals surface area contributed by atoms with Crippen LogP contribution >= 0.6 is 0 Å². The zero-order valence-corrected chi connectivity index (χ0v) is 8.73. The topological polar surface area (TPSA) is 35.2 Å². The Labute approximate surface area is 85.1 Å². The number of rotatable bonds is 3. The normalized spacial score (nSPS) is 27.1. The summed E-state index contributed by atoms with van der Waals surface area (Å²) >= 11 is 0. The van der Waals surface area contributed by atoms with Crippen LogP contribution in [-0.4, -0.2) is 13.2 Å². The molecule has 1 saturated carbocycles. The zero-order chi connectivity index (χ0) is 10.1. The minimum absolute atomic E-state index is 0.296. The van der Waals surface area contributed by atoms with E-state index in [1.807, 2.05) is 12.1 Å². The molecule has 0 heterocycles. The molecular weight excluding hydrogens is 174 g/mol. The second-order valence-electron chi connectivity index (χ2n) is 4.11. The molecule has 2 rings (SSSR count). The van der Waals surface area contributed by atoms with E-state index in [0.717, 1.165) is 5.75 Å². The Kier molecular flexibility index (Phi) is 2.46. The van der Waals surface area contributed by atoms with Crippen molar-refractivity contribution in [3.05, 3.63) is 29.8 Å². The van der Waals surface area contributed by atoms with Crippen molar-refractivity contribution in [3.8, 4) is 5.75 Å². The molecule has 0 saturated heterocycles. The van der Waals surface area contributed by atoms with Gasteiger partial charge in [0.1, 0.15) is 5.75 Å². The number of methoxy groups -OCH3 is 1. The van der Waals surface area contributed by atoms with Crippen LogP contribution in [0.15, 0.2) is 24.3 Å². The van der Waals surface area contributed by atoms with Crippen molar-refractivity contribution in [2.24, 2.45) is 11.7 Å². The maximum absolute atomic E-state index is 5.88. The number of hydrogen-bond donors (Lipinski definition) is 1. The molecule has 1 aromatic rings. The van der Waals surface area contributed by atoms with Crippen LogP contribution in [0, 0.1) is 5.92 Å². The van der Waals surface area contributed by atoms with Gasteiger partial charge in [0.15, 0.2) is 0 Å². The summed E-state index contributed by atoms with van der Waals surface area (Å²) in [5.41, 5.74) is 7.19. The number of ether oxygens (including phenoxy) is 1. The fourth-order valence-electron chi connectivity index (χ4n) is 2.13. The number of benzene rings is 1. The second kappa shape index (κ2) is 3.62. The lowest BCUT2D eigenvalue weighted by atomic mass is 10.1. The Bertz CT molecular complexity index is 322.